The van der Waals surface area contributed by atoms with E-state index in [4.69, 9.17) is 5.11 Å². The van der Waals surface area contributed by atoms with Gasteiger partial charge in [-0.05, 0) is 36.6 Å². The highest BCUT2D eigenvalue weighted by molar-refractivity contribution is 7.99. The summed E-state index contributed by atoms with van der Waals surface area (Å²) in [4.78, 5) is 11.0. The lowest BCUT2D eigenvalue weighted by molar-refractivity contribution is -0.138. The molecule has 116 valence electrons. The molecule has 0 aromatic heterocycles. The van der Waals surface area contributed by atoms with Crippen molar-refractivity contribution in [2.75, 3.05) is 5.75 Å². The molecule has 0 heterocycles. The molecule has 1 aliphatic rings. The number of thioether (sulfide) groups is 1. The topological polar surface area (TPSA) is 49.3 Å². The second-order valence-corrected chi connectivity index (χ2v) is 7.23. The van der Waals surface area contributed by atoms with Gasteiger partial charge in [-0.25, -0.2) is 0 Å². The van der Waals surface area contributed by atoms with Gasteiger partial charge in [-0.15, -0.1) is 0 Å². The zero-order chi connectivity index (χ0) is 15.2. The van der Waals surface area contributed by atoms with E-state index in [1.54, 1.807) is 6.92 Å². The fourth-order valence-electron chi connectivity index (χ4n) is 2.89. The molecule has 0 aliphatic heterocycles. The van der Waals surface area contributed by atoms with Crippen molar-refractivity contribution >= 4 is 17.7 Å². The van der Waals surface area contributed by atoms with Gasteiger partial charge in [0, 0.05) is 17.8 Å². The molecule has 1 fully saturated rings. The number of hydrogen-bond acceptors (Lipinski definition) is 3. The average molecular weight is 307 g/mol. The molecule has 0 radical (unpaired) electrons. The summed E-state index contributed by atoms with van der Waals surface area (Å²) in [7, 11) is 0. The Kier molecular flexibility index (Phi) is 6.12. The van der Waals surface area contributed by atoms with Crippen LogP contribution in [0.3, 0.4) is 0 Å². The highest BCUT2D eigenvalue weighted by atomic mass is 32.2. The van der Waals surface area contributed by atoms with Crippen molar-refractivity contribution in [3.63, 3.8) is 0 Å². The molecule has 21 heavy (non-hydrogen) atoms. The van der Waals surface area contributed by atoms with E-state index in [0.717, 1.165) is 17.4 Å². The van der Waals surface area contributed by atoms with Gasteiger partial charge in [-0.3, -0.25) is 4.79 Å². The Balaban J connectivity index is 1.87. The molecule has 1 aromatic carbocycles. The maximum absolute atomic E-state index is 11.0. The van der Waals surface area contributed by atoms with Crippen molar-refractivity contribution < 1.29 is 9.90 Å². The number of aliphatic carboxylic acids is 1. The Morgan fingerprint density at radius 2 is 2.10 bits per heavy atom. The van der Waals surface area contributed by atoms with Crippen LogP contribution in [0.25, 0.3) is 0 Å². The Hall–Kier alpha value is -1.00. The number of carboxylic acids is 1. The van der Waals surface area contributed by atoms with Crippen LogP contribution in [0.5, 0.6) is 0 Å². The minimum absolute atomic E-state index is 0.438. The van der Waals surface area contributed by atoms with E-state index >= 15 is 0 Å². The lowest BCUT2D eigenvalue weighted by Crippen LogP contribution is -2.33. The molecule has 0 bridgehead atoms. The first-order valence-electron chi connectivity index (χ1n) is 7.78. The number of rotatable bonds is 7. The van der Waals surface area contributed by atoms with E-state index in [1.807, 2.05) is 24.3 Å². The standard InChI is InChI=1S/C17H25NO2S/c1-3-21-16-6-4-5-15(16)18-11-13-7-9-14(10-8-13)12(2)17(19)20/h7-10,12,15-16,18H,3-6,11H2,1-2H3,(H,19,20). The molecule has 0 spiro atoms. The number of benzene rings is 1. The second-order valence-electron chi connectivity index (χ2n) is 5.71. The number of carboxylic acid groups (broad SMARTS) is 1. The summed E-state index contributed by atoms with van der Waals surface area (Å²) in [5, 5.41) is 13.4. The van der Waals surface area contributed by atoms with Crippen LogP contribution in [0.1, 0.15) is 50.2 Å². The van der Waals surface area contributed by atoms with Gasteiger partial charge >= 0.3 is 5.97 Å². The Labute approximate surface area is 131 Å². The largest absolute Gasteiger partial charge is 0.481 e. The van der Waals surface area contributed by atoms with Crippen LogP contribution in [-0.4, -0.2) is 28.1 Å². The van der Waals surface area contributed by atoms with Gasteiger partial charge in [-0.2, -0.15) is 11.8 Å². The van der Waals surface area contributed by atoms with Gasteiger partial charge in [-0.1, -0.05) is 37.6 Å². The predicted octanol–water partition coefficient (Wildman–Crippen LogP) is 3.64. The van der Waals surface area contributed by atoms with Gasteiger partial charge in [0.15, 0.2) is 0 Å². The van der Waals surface area contributed by atoms with E-state index in [0.29, 0.717) is 6.04 Å². The molecular weight excluding hydrogens is 282 g/mol. The molecule has 3 atom stereocenters. The Morgan fingerprint density at radius 3 is 2.71 bits per heavy atom. The van der Waals surface area contributed by atoms with Gasteiger partial charge in [0.2, 0.25) is 0 Å². The van der Waals surface area contributed by atoms with Crippen molar-refractivity contribution in [1.29, 1.82) is 0 Å². The molecule has 1 saturated carbocycles. The van der Waals surface area contributed by atoms with Crippen LogP contribution in [0, 0.1) is 0 Å². The number of carbonyl (C=O) groups is 1. The van der Waals surface area contributed by atoms with Crippen molar-refractivity contribution in [2.45, 2.75) is 56.9 Å². The molecular formula is C17H25NO2S. The minimum atomic E-state index is -0.772. The summed E-state index contributed by atoms with van der Waals surface area (Å²) in [5.41, 5.74) is 2.09. The summed E-state index contributed by atoms with van der Waals surface area (Å²) in [6.45, 7) is 4.82. The van der Waals surface area contributed by atoms with Crippen LogP contribution < -0.4 is 5.32 Å². The van der Waals surface area contributed by atoms with Crippen molar-refractivity contribution in [3.8, 4) is 0 Å². The highest BCUT2D eigenvalue weighted by Crippen LogP contribution is 2.30. The summed E-state index contributed by atoms with van der Waals surface area (Å²) >= 11 is 2.06. The van der Waals surface area contributed by atoms with E-state index in [-0.39, 0.29) is 0 Å². The SMILES string of the molecule is CCSC1CCCC1NCc1ccc(C(C)C(=O)O)cc1. The quantitative estimate of drug-likeness (QED) is 0.807. The van der Waals surface area contributed by atoms with E-state index in [1.165, 1.54) is 30.6 Å². The molecule has 1 aromatic rings. The maximum atomic E-state index is 11.0. The first-order valence-corrected chi connectivity index (χ1v) is 8.83. The third-order valence-electron chi connectivity index (χ3n) is 4.25. The molecule has 4 heteroatoms. The van der Waals surface area contributed by atoms with Crippen molar-refractivity contribution in [3.05, 3.63) is 35.4 Å². The maximum Gasteiger partial charge on any atom is 0.310 e. The summed E-state index contributed by atoms with van der Waals surface area (Å²) < 4.78 is 0. The van der Waals surface area contributed by atoms with Crippen LogP contribution in [0.2, 0.25) is 0 Å². The molecule has 0 saturated heterocycles. The third-order valence-corrected chi connectivity index (χ3v) is 5.58. The van der Waals surface area contributed by atoms with Crippen LogP contribution in [-0.2, 0) is 11.3 Å². The zero-order valence-corrected chi connectivity index (χ0v) is 13.7. The molecule has 3 nitrogen and oxygen atoms in total. The van der Waals surface area contributed by atoms with Gasteiger partial charge < -0.3 is 10.4 Å². The van der Waals surface area contributed by atoms with E-state index in [2.05, 4.69) is 24.0 Å². The Bertz CT molecular complexity index is 460. The van der Waals surface area contributed by atoms with Gasteiger partial charge in [0.05, 0.1) is 5.92 Å². The fraction of sp³-hybridized carbons (Fsp3) is 0.588. The molecule has 1 aliphatic carbocycles. The lowest BCUT2D eigenvalue weighted by atomic mass is 10.00. The fourth-order valence-corrected chi connectivity index (χ4v) is 4.11. The lowest BCUT2D eigenvalue weighted by Gasteiger charge is -2.20. The van der Waals surface area contributed by atoms with Crippen molar-refractivity contribution in [2.24, 2.45) is 0 Å². The molecule has 0 amide bonds. The zero-order valence-electron chi connectivity index (χ0n) is 12.8. The first-order chi connectivity index (χ1) is 10.1. The number of nitrogens with one attached hydrogen (secondary N) is 1. The van der Waals surface area contributed by atoms with Crippen molar-refractivity contribution in [1.82, 2.24) is 5.32 Å². The molecule has 2 N–H and O–H groups in total. The van der Waals surface area contributed by atoms with Gasteiger partial charge in [0.25, 0.3) is 0 Å². The van der Waals surface area contributed by atoms with E-state index in [9.17, 15) is 4.79 Å². The highest BCUT2D eigenvalue weighted by Gasteiger charge is 2.26. The second kappa shape index (κ2) is 7.85. The van der Waals surface area contributed by atoms with Crippen LogP contribution in [0.4, 0.5) is 0 Å². The van der Waals surface area contributed by atoms with Crippen LogP contribution >= 0.6 is 11.8 Å². The summed E-state index contributed by atoms with van der Waals surface area (Å²) in [6.07, 6.45) is 3.92. The first kappa shape index (κ1) is 16.4. The average Bonchev–Trinajstić information content (AvgIpc) is 2.92. The monoisotopic (exact) mass is 307 g/mol. The summed E-state index contributed by atoms with van der Waals surface area (Å²) in [5.74, 6) is -0.0246. The van der Waals surface area contributed by atoms with Gasteiger partial charge in [0.1, 0.15) is 0 Å². The normalized spacial score (nSPS) is 23.1. The minimum Gasteiger partial charge on any atom is -0.481 e. The molecule has 2 rings (SSSR count). The predicted molar refractivity (Wildman–Crippen MR) is 88.9 cm³/mol. The van der Waals surface area contributed by atoms with E-state index < -0.39 is 11.9 Å². The Morgan fingerprint density at radius 1 is 1.38 bits per heavy atom. The van der Waals surface area contributed by atoms with Crippen LogP contribution in [0.15, 0.2) is 24.3 Å². The number of hydrogen-bond donors (Lipinski definition) is 2. The molecule has 3 unspecified atom stereocenters. The smallest absolute Gasteiger partial charge is 0.310 e. The third kappa shape index (κ3) is 4.48. The summed E-state index contributed by atoms with van der Waals surface area (Å²) in [6, 6.07) is 8.57.